The molecule has 3 aromatic rings. The lowest BCUT2D eigenvalue weighted by Crippen LogP contribution is -2.14. The second-order valence-corrected chi connectivity index (χ2v) is 7.51. The fourth-order valence-electron chi connectivity index (χ4n) is 3.78. The number of aryl methyl sites for hydroxylation is 1. The van der Waals surface area contributed by atoms with Crippen LogP contribution in [0.4, 0.5) is 0 Å². The van der Waals surface area contributed by atoms with E-state index in [0.29, 0.717) is 5.75 Å². The van der Waals surface area contributed by atoms with Gasteiger partial charge in [0.1, 0.15) is 5.75 Å². The molecule has 22 heavy (non-hydrogen) atoms. The highest BCUT2D eigenvalue weighted by molar-refractivity contribution is 9.10. The van der Waals surface area contributed by atoms with Crippen molar-refractivity contribution in [1.29, 1.82) is 0 Å². The summed E-state index contributed by atoms with van der Waals surface area (Å²) in [6.45, 7) is 6.50. The summed E-state index contributed by atoms with van der Waals surface area (Å²) in [6.07, 6.45) is 0. The van der Waals surface area contributed by atoms with Crippen molar-refractivity contribution in [1.82, 2.24) is 0 Å². The van der Waals surface area contributed by atoms with Gasteiger partial charge in [0, 0.05) is 20.7 Å². The maximum Gasteiger partial charge on any atom is 0.123 e. The van der Waals surface area contributed by atoms with Gasteiger partial charge in [-0.05, 0) is 52.9 Å². The molecule has 0 radical (unpaired) electrons. The molecule has 1 aliphatic rings. The van der Waals surface area contributed by atoms with E-state index in [1.807, 2.05) is 6.07 Å². The molecule has 0 aliphatic heterocycles. The molecule has 110 valence electrons. The van der Waals surface area contributed by atoms with Gasteiger partial charge in [-0.25, -0.2) is 0 Å². The molecule has 4 rings (SSSR count). The van der Waals surface area contributed by atoms with Gasteiger partial charge in [0.25, 0.3) is 0 Å². The largest absolute Gasteiger partial charge is 0.507 e. The van der Waals surface area contributed by atoms with Crippen LogP contribution in [0.25, 0.3) is 21.9 Å². The van der Waals surface area contributed by atoms with Gasteiger partial charge in [-0.3, -0.25) is 0 Å². The van der Waals surface area contributed by atoms with Crippen molar-refractivity contribution in [3.63, 3.8) is 0 Å². The van der Waals surface area contributed by atoms with Gasteiger partial charge < -0.3 is 5.11 Å². The van der Waals surface area contributed by atoms with Crippen molar-refractivity contribution in [2.75, 3.05) is 0 Å². The summed E-state index contributed by atoms with van der Waals surface area (Å²) in [7, 11) is 0. The van der Waals surface area contributed by atoms with Crippen molar-refractivity contribution in [3.8, 4) is 16.9 Å². The molecule has 1 N–H and O–H groups in total. The van der Waals surface area contributed by atoms with E-state index < -0.39 is 0 Å². The molecule has 2 heteroatoms. The zero-order chi connectivity index (χ0) is 15.6. The number of phenols is 1. The Kier molecular flexibility index (Phi) is 2.74. The van der Waals surface area contributed by atoms with Gasteiger partial charge in [-0.2, -0.15) is 0 Å². The van der Waals surface area contributed by atoms with Crippen LogP contribution in [0.5, 0.6) is 5.75 Å². The van der Waals surface area contributed by atoms with Gasteiger partial charge in [0.05, 0.1) is 0 Å². The lowest BCUT2D eigenvalue weighted by atomic mass is 9.82. The molecular formula is C20H17BrO. The molecule has 0 fully saturated rings. The standard InChI is InChI=1S/C20H17BrO/c1-11-8-13-17(22)10-15-18(19(13)16(21)9-11)12-6-4-5-7-14(12)20(15,2)3/h4-10,22H,1-3H3. The summed E-state index contributed by atoms with van der Waals surface area (Å²) >= 11 is 3.71. The fourth-order valence-corrected chi connectivity index (χ4v) is 4.56. The predicted octanol–water partition coefficient (Wildman–Crippen LogP) is 5.92. The van der Waals surface area contributed by atoms with Crippen molar-refractivity contribution >= 4 is 26.7 Å². The van der Waals surface area contributed by atoms with Crippen LogP contribution in [0, 0.1) is 6.92 Å². The smallest absolute Gasteiger partial charge is 0.123 e. The molecule has 1 aliphatic carbocycles. The second kappa shape index (κ2) is 4.36. The topological polar surface area (TPSA) is 20.2 Å². The number of rotatable bonds is 0. The fraction of sp³-hybridized carbons (Fsp3) is 0.200. The Balaban J connectivity index is 2.27. The Morgan fingerprint density at radius 2 is 1.73 bits per heavy atom. The Morgan fingerprint density at radius 1 is 1.00 bits per heavy atom. The molecule has 0 amide bonds. The van der Waals surface area contributed by atoms with Crippen LogP contribution in [-0.2, 0) is 5.41 Å². The molecule has 0 bridgehead atoms. The lowest BCUT2D eigenvalue weighted by molar-refractivity contribution is 0.479. The summed E-state index contributed by atoms with van der Waals surface area (Å²) in [5, 5.41) is 12.6. The summed E-state index contributed by atoms with van der Waals surface area (Å²) < 4.78 is 1.04. The van der Waals surface area contributed by atoms with Crippen molar-refractivity contribution in [2.24, 2.45) is 0 Å². The normalized spacial score (nSPS) is 14.9. The third-order valence-electron chi connectivity index (χ3n) is 4.85. The average Bonchev–Trinajstić information content (AvgIpc) is 2.68. The molecule has 3 aromatic carbocycles. The van der Waals surface area contributed by atoms with Crippen LogP contribution in [-0.4, -0.2) is 5.11 Å². The van der Waals surface area contributed by atoms with Gasteiger partial charge >= 0.3 is 0 Å². The van der Waals surface area contributed by atoms with Gasteiger partial charge in [-0.1, -0.05) is 54.0 Å². The van der Waals surface area contributed by atoms with Gasteiger partial charge in [-0.15, -0.1) is 0 Å². The molecule has 1 nitrogen and oxygen atoms in total. The molecular weight excluding hydrogens is 336 g/mol. The molecule has 0 unspecified atom stereocenters. The van der Waals surface area contributed by atoms with E-state index in [9.17, 15) is 5.11 Å². The SMILES string of the molecule is Cc1cc(Br)c2c3c(cc(O)c2c1)C(C)(C)c1ccccc1-3. The maximum absolute atomic E-state index is 10.6. The number of halogens is 1. The van der Waals surface area contributed by atoms with E-state index in [2.05, 4.69) is 73.1 Å². The zero-order valence-electron chi connectivity index (χ0n) is 12.9. The highest BCUT2D eigenvalue weighted by Crippen LogP contribution is 2.54. The first-order valence-electron chi connectivity index (χ1n) is 7.47. The molecule has 0 atom stereocenters. The highest BCUT2D eigenvalue weighted by Gasteiger charge is 2.37. The van der Waals surface area contributed by atoms with Crippen LogP contribution >= 0.6 is 15.9 Å². The molecule has 0 saturated heterocycles. The first-order valence-corrected chi connectivity index (χ1v) is 8.26. The minimum absolute atomic E-state index is 0.0953. The van der Waals surface area contributed by atoms with Gasteiger partial charge in [0.2, 0.25) is 0 Å². The summed E-state index contributed by atoms with van der Waals surface area (Å²) in [5.41, 5.74) is 6.09. The molecule has 0 heterocycles. The minimum Gasteiger partial charge on any atom is -0.507 e. The Morgan fingerprint density at radius 3 is 2.50 bits per heavy atom. The van der Waals surface area contributed by atoms with Crippen LogP contribution < -0.4 is 0 Å². The first-order chi connectivity index (χ1) is 10.4. The first kappa shape index (κ1) is 13.8. The summed E-state index contributed by atoms with van der Waals surface area (Å²) in [5.74, 6) is 0.360. The number of benzene rings is 3. The minimum atomic E-state index is -0.0953. The van der Waals surface area contributed by atoms with Crippen molar-refractivity contribution in [3.05, 3.63) is 63.6 Å². The van der Waals surface area contributed by atoms with Crippen molar-refractivity contribution in [2.45, 2.75) is 26.2 Å². The van der Waals surface area contributed by atoms with E-state index in [1.54, 1.807) is 0 Å². The third-order valence-corrected chi connectivity index (χ3v) is 5.48. The molecule has 0 aromatic heterocycles. The third kappa shape index (κ3) is 1.65. The van der Waals surface area contributed by atoms with E-state index >= 15 is 0 Å². The van der Waals surface area contributed by atoms with E-state index in [-0.39, 0.29) is 5.41 Å². The second-order valence-electron chi connectivity index (χ2n) is 6.66. The summed E-state index contributed by atoms with van der Waals surface area (Å²) in [6, 6.07) is 14.7. The van der Waals surface area contributed by atoms with E-state index in [4.69, 9.17) is 0 Å². The van der Waals surface area contributed by atoms with E-state index in [0.717, 1.165) is 20.8 Å². The van der Waals surface area contributed by atoms with Crippen LogP contribution in [0.1, 0.15) is 30.5 Å². The Bertz CT molecular complexity index is 938. The monoisotopic (exact) mass is 352 g/mol. The van der Waals surface area contributed by atoms with Crippen LogP contribution in [0.15, 0.2) is 46.9 Å². The lowest BCUT2D eigenvalue weighted by Gasteiger charge is -2.22. The van der Waals surface area contributed by atoms with E-state index in [1.165, 1.54) is 22.3 Å². The predicted molar refractivity (Wildman–Crippen MR) is 95.6 cm³/mol. The van der Waals surface area contributed by atoms with Crippen molar-refractivity contribution < 1.29 is 5.11 Å². The number of fused-ring (bicyclic) bond motifs is 5. The van der Waals surface area contributed by atoms with Crippen LogP contribution in [0.3, 0.4) is 0 Å². The Hall–Kier alpha value is -1.80. The maximum atomic E-state index is 10.6. The number of phenolic OH excluding ortho intramolecular Hbond substituents is 1. The van der Waals surface area contributed by atoms with Crippen LogP contribution in [0.2, 0.25) is 0 Å². The zero-order valence-corrected chi connectivity index (χ0v) is 14.5. The number of aromatic hydroxyl groups is 1. The average molecular weight is 353 g/mol. The molecule has 0 saturated carbocycles. The highest BCUT2D eigenvalue weighted by atomic mass is 79.9. The molecule has 0 spiro atoms. The van der Waals surface area contributed by atoms with Gasteiger partial charge in [0.15, 0.2) is 0 Å². The Labute approximate surface area is 138 Å². The number of hydrogen-bond donors (Lipinski definition) is 1. The number of hydrogen-bond acceptors (Lipinski definition) is 1. The summed E-state index contributed by atoms with van der Waals surface area (Å²) in [4.78, 5) is 0. The quantitative estimate of drug-likeness (QED) is 0.532.